The van der Waals surface area contributed by atoms with Crippen molar-refractivity contribution >= 4 is 18.3 Å². The van der Waals surface area contributed by atoms with Crippen molar-refractivity contribution in [3.8, 4) is 6.07 Å². The molecule has 128 valence electrons. The van der Waals surface area contributed by atoms with Gasteiger partial charge < -0.3 is 19.1 Å². The van der Waals surface area contributed by atoms with Crippen molar-refractivity contribution in [3.05, 3.63) is 23.8 Å². The van der Waals surface area contributed by atoms with Gasteiger partial charge in [-0.05, 0) is 52.3 Å². The van der Waals surface area contributed by atoms with Crippen LogP contribution in [-0.4, -0.2) is 56.4 Å². The van der Waals surface area contributed by atoms with Gasteiger partial charge in [-0.25, -0.2) is 0 Å². The highest BCUT2D eigenvalue weighted by Gasteiger charge is 2.51. The van der Waals surface area contributed by atoms with Crippen LogP contribution in [0.5, 0.6) is 0 Å². The van der Waals surface area contributed by atoms with E-state index in [1.807, 2.05) is 45.9 Å². The van der Waals surface area contributed by atoms with E-state index in [9.17, 15) is 5.26 Å². The van der Waals surface area contributed by atoms with Gasteiger partial charge in [-0.1, -0.05) is 6.07 Å². The van der Waals surface area contributed by atoms with Crippen LogP contribution in [0, 0.1) is 11.3 Å². The van der Waals surface area contributed by atoms with Gasteiger partial charge in [0.2, 0.25) is 0 Å². The number of nitriles is 1. The summed E-state index contributed by atoms with van der Waals surface area (Å²) in [6.07, 6.45) is 0. The molecule has 0 aliphatic carbocycles. The second-order valence-corrected chi connectivity index (χ2v) is 7.77. The van der Waals surface area contributed by atoms with E-state index in [1.165, 1.54) is 0 Å². The number of piperazine rings is 1. The first-order chi connectivity index (χ1) is 11.2. The van der Waals surface area contributed by atoms with E-state index in [4.69, 9.17) is 9.31 Å². The standard InChI is InChI=1S/C18H26BN3O2/c1-17(2)18(3,4)24-19(23-17)15-6-7-16(14(12-15)13-20)22-10-8-21(5)9-11-22/h6-7,12H,8-11H2,1-5H3. The molecule has 2 aliphatic heterocycles. The second kappa shape index (κ2) is 6.07. The summed E-state index contributed by atoms with van der Waals surface area (Å²) in [7, 11) is 1.70. The molecule has 3 rings (SSSR count). The number of benzene rings is 1. The zero-order valence-electron chi connectivity index (χ0n) is 15.3. The molecule has 0 aromatic heterocycles. The predicted molar refractivity (Wildman–Crippen MR) is 96.6 cm³/mol. The van der Waals surface area contributed by atoms with Crippen molar-refractivity contribution in [2.75, 3.05) is 38.1 Å². The molecule has 2 heterocycles. The van der Waals surface area contributed by atoms with Crippen molar-refractivity contribution < 1.29 is 9.31 Å². The highest BCUT2D eigenvalue weighted by atomic mass is 16.7. The van der Waals surface area contributed by atoms with Gasteiger partial charge in [0.25, 0.3) is 0 Å². The summed E-state index contributed by atoms with van der Waals surface area (Å²) in [5.74, 6) is 0. The normalized spacial score (nSPS) is 23.3. The Kier molecular flexibility index (Phi) is 4.37. The summed E-state index contributed by atoms with van der Waals surface area (Å²) < 4.78 is 12.2. The van der Waals surface area contributed by atoms with E-state index in [0.29, 0.717) is 5.56 Å². The van der Waals surface area contributed by atoms with Gasteiger partial charge in [-0.2, -0.15) is 5.26 Å². The third-order valence-corrected chi connectivity index (χ3v) is 5.51. The van der Waals surface area contributed by atoms with Crippen LogP contribution in [0.2, 0.25) is 0 Å². The van der Waals surface area contributed by atoms with Crippen molar-refractivity contribution in [1.82, 2.24) is 4.90 Å². The molecule has 0 unspecified atom stereocenters. The molecule has 0 bridgehead atoms. The molecule has 0 amide bonds. The average molecular weight is 327 g/mol. The molecule has 1 aromatic rings. The van der Waals surface area contributed by atoms with Crippen LogP contribution in [0.15, 0.2) is 18.2 Å². The summed E-state index contributed by atoms with van der Waals surface area (Å²) in [5.41, 5.74) is 1.85. The number of hydrogen-bond donors (Lipinski definition) is 0. The van der Waals surface area contributed by atoms with Gasteiger partial charge in [-0.15, -0.1) is 0 Å². The number of nitrogens with zero attached hydrogens (tertiary/aromatic N) is 3. The van der Waals surface area contributed by atoms with Crippen LogP contribution in [0.1, 0.15) is 33.3 Å². The van der Waals surface area contributed by atoms with E-state index < -0.39 is 7.12 Å². The number of hydrogen-bond acceptors (Lipinski definition) is 5. The number of likely N-dealkylation sites (N-methyl/N-ethyl adjacent to an activating group) is 1. The second-order valence-electron chi connectivity index (χ2n) is 7.77. The molecule has 0 saturated carbocycles. The molecule has 24 heavy (non-hydrogen) atoms. The first kappa shape index (κ1) is 17.3. The molecule has 1 aromatic carbocycles. The van der Waals surface area contributed by atoms with Crippen LogP contribution in [0.25, 0.3) is 0 Å². The van der Waals surface area contributed by atoms with Gasteiger partial charge in [0.05, 0.1) is 22.5 Å². The van der Waals surface area contributed by atoms with Crippen LogP contribution >= 0.6 is 0 Å². The number of anilines is 1. The first-order valence-corrected chi connectivity index (χ1v) is 8.57. The summed E-state index contributed by atoms with van der Waals surface area (Å²) >= 11 is 0. The zero-order valence-corrected chi connectivity index (χ0v) is 15.3. The Hall–Kier alpha value is -1.55. The van der Waals surface area contributed by atoms with Crippen molar-refractivity contribution in [2.24, 2.45) is 0 Å². The maximum absolute atomic E-state index is 9.60. The molecule has 6 heteroatoms. The van der Waals surface area contributed by atoms with Crippen molar-refractivity contribution in [2.45, 2.75) is 38.9 Å². The molecule has 2 aliphatic rings. The quantitative estimate of drug-likeness (QED) is 0.773. The third kappa shape index (κ3) is 3.04. The maximum Gasteiger partial charge on any atom is 0.494 e. The Morgan fingerprint density at radius 3 is 2.17 bits per heavy atom. The largest absolute Gasteiger partial charge is 0.494 e. The highest BCUT2D eigenvalue weighted by Crippen LogP contribution is 2.36. The van der Waals surface area contributed by atoms with Crippen LogP contribution in [0.4, 0.5) is 5.69 Å². The summed E-state index contributed by atoms with van der Waals surface area (Å²) in [6.45, 7) is 12.1. The van der Waals surface area contributed by atoms with E-state index >= 15 is 0 Å². The van der Waals surface area contributed by atoms with Gasteiger partial charge in [0.1, 0.15) is 6.07 Å². The molecule has 0 radical (unpaired) electrons. The van der Waals surface area contributed by atoms with E-state index in [0.717, 1.165) is 37.3 Å². The fourth-order valence-corrected chi connectivity index (χ4v) is 3.09. The first-order valence-electron chi connectivity index (χ1n) is 8.57. The Morgan fingerprint density at radius 1 is 1.04 bits per heavy atom. The molecule has 0 atom stereocenters. The summed E-state index contributed by atoms with van der Waals surface area (Å²) in [4.78, 5) is 4.59. The zero-order chi connectivity index (χ0) is 17.5. The molecule has 2 saturated heterocycles. The molecule has 5 nitrogen and oxygen atoms in total. The minimum atomic E-state index is -0.427. The molecular weight excluding hydrogens is 301 g/mol. The average Bonchev–Trinajstić information content (AvgIpc) is 2.76. The number of rotatable bonds is 2. The Balaban J connectivity index is 1.84. The van der Waals surface area contributed by atoms with E-state index in [2.05, 4.69) is 22.9 Å². The molecule has 0 N–H and O–H groups in total. The Labute approximate surface area is 145 Å². The lowest BCUT2D eigenvalue weighted by Gasteiger charge is -2.34. The third-order valence-electron chi connectivity index (χ3n) is 5.51. The molecular formula is C18H26BN3O2. The van der Waals surface area contributed by atoms with Gasteiger partial charge in [0.15, 0.2) is 0 Å². The summed E-state index contributed by atoms with van der Waals surface area (Å²) in [5, 5.41) is 9.60. The van der Waals surface area contributed by atoms with Gasteiger partial charge in [0, 0.05) is 26.2 Å². The minimum absolute atomic E-state index is 0.374. The van der Waals surface area contributed by atoms with Gasteiger partial charge >= 0.3 is 7.12 Å². The highest BCUT2D eigenvalue weighted by molar-refractivity contribution is 6.62. The lowest BCUT2D eigenvalue weighted by Crippen LogP contribution is -2.45. The van der Waals surface area contributed by atoms with E-state index in [-0.39, 0.29) is 11.2 Å². The predicted octanol–water partition coefficient (Wildman–Crippen LogP) is 1.61. The Morgan fingerprint density at radius 2 is 1.62 bits per heavy atom. The molecule has 2 fully saturated rings. The fraction of sp³-hybridized carbons (Fsp3) is 0.611. The topological polar surface area (TPSA) is 48.7 Å². The van der Waals surface area contributed by atoms with Gasteiger partial charge in [-0.3, -0.25) is 0 Å². The Bertz CT molecular complexity index is 645. The molecule has 0 spiro atoms. The monoisotopic (exact) mass is 327 g/mol. The van der Waals surface area contributed by atoms with Crippen LogP contribution in [0.3, 0.4) is 0 Å². The van der Waals surface area contributed by atoms with Crippen molar-refractivity contribution in [1.29, 1.82) is 5.26 Å². The lowest BCUT2D eigenvalue weighted by atomic mass is 9.78. The maximum atomic E-state index is 9.60. The van der Waals surface area contributed by atoms with Crippen LogP contribution < -0.4 is 10.4 Å². The lowest BCUT2D eigenvalue weighted by molar-refractivity contribution is 0.00578. The van der Waals surface area contributed by atoms with Crippen molar-refractivity contribution in [3.63, 3.8) is 0 Å². The SMILES string of the molecule is CN1CCN(c2ccc(B3OC(C)(C)C(C)(C)O3)cc2C#N)CC1. The fourth-order valence-electron chi connectivity index (χ4n) is 3.09. The minimum Gasteiger partial charge on any atom is -0.399 e. The van der Waals surface area contributed by atoms with E-state index in [1.54, 1.807) is 0 Å². The smallest absolute Gasteiger partial charge is 0.399 e. The van der Waals surface area contributed by atoms with Crippen LogP contribution in [-0.2, 0) is 9.31 Å². The summed E-state index contributed by atoms with van der Waals surface area (Å²) in [6, 6.07) is 8.31.